The van der Waals surface area contributed by atoms with Crippen LogP contribution in [0.3, 0.4) is 0 Å². The van der Waals surface area contributed by atoms with Gasteiger partial charge in [-0.05, 0) is 31.0 Å². The van der Waals surface area contributed by atoms with Gasteiger partial charge in [-0.3, -0.25) is 9.59 Å². The SMILES string of the molecule is COc1cc(C(C)NC(=O)C2CC2C(=O)O)cc(OC)c1OC. The highest BCUT2D eigenvalue weighted by molar-refractivity contribution is 5.89. The van der Waals surface area contributed by atoms with Gasteiger partial charge < -0.3 is 24.6 Å². The summed E-state index contributed by atoms with van der Waals surface area (Å²) in [6, 6.07) is 3.20. The molecular formula is C16H21NO6. The normalized spacial score (nSPS) is 20.3. The number of carbonyl (C=O) groups excluding carboxylic acids is 1. The highest BCUT2D eigenvalue weighted by Gasteiger charge is 2.48. The van der Waals surface area contributed by atoms with Crippen molar-refractivity contribution in [3.63, 3.8) is 0 Å². The van der Waals surface area contributed by atoms with Gasteiger partial charge in [0.2, 0.25) is 11.7 Å². The van der Waals surface area contributed by atoms with E-state index in [4.69, 9.17) is 19.3 Å². The molecule has 0 radical (unpaired) electrons. The van der Waals surface area contributed by atoms with Gasteiger partial charge in [-0.1, -0.05) is 0 Å². The van der Waals surface area contributed by atoms with Crippen LogP contribution in [-0.4, -0.2) is 38.3 Å². The van der Waals surface area contributed by atoms with Crippen molar-refractivity contribution >= 4 is 11.9 Å². The first kappa shape index (κ1) is 16.9. The molecule has 3 unspecified atom stereocenters. The van der Waals surface area contributed by atoms with Gasteiger partial charge in [0.05, 0.1) is 39.2 Å². The second-order valence-corrected chi connectivity index (χ2v) is 5.48. The highest BCUT2D eigenvalue weighted by atomic mass is 16.5. The zero-order chi connectivity index (χ0) is 17.1. The smallest absolute Gasteiger partial charge is 0.307 e. The van der Waals surface area contributed by atoms with Gasteiger partial charge in [0.25, 0.3) is 0 Å². The predicted molar refractivity (Wildman–Crippen MR) is 81.9 cm³/mol. The Morgan fingerprint density at radius 3 is 2.09 bits per heavy atom. The van der Waals surface area contributed by atoms with Crippen LogP contribution in [0.1, 0.15) is 24.9 Å². The predicted octanol–water partition coefficient (Wildman–Crippen LogP) is 1.61. The Morgan fingerprint density at radius 1 is 1.13 bits per heavy atom. The molecule has 23 heavy (non-hydrogen) atoms. The summed E-state index contributed by atoms with van der Waals surface area (Å²) in [4.78, 5) is 22.9. The lowest BCUT2D eigenvalue weighted by Gasteiger charge is -2.18. The minimum atomic E-state index is -0.925. The fourth-order valence-electron chi connectivity index (χ4n) is 2.51. The molecule has 7 nitrogen and oxygen atoms in total. The number of ether oxygens (including phenoxy) is 3. The number of hydrogen-bond acceptors (Lipinski definition) is 5. The van der Waals surface area contributed by atoms with Crippen LogP contribution in [-0.2, 0) is 9.59 Å². The number of carbonyl (C=O) groups is 2. The van der Waals surface area contributed by atoms with Gasteiger partial charge in [-0.25, -0.2) is 0 Å². The quantitative estimate of drug-likeness (QED) is 0.792. The summed E-state index contributed by atoms with van der Waals surface area (Å²) >= 11 is 0. The second-order valence-electron chi connectivity index (χ2n) is 5.48. The summed E-state index contributed by atoms with van der Waals surface area (Å²) in [5.41, 5.74) is 0.778. The minimum absolute atomic E-state index is 0.251. The Labute approximate surface area is 134 Å². The van der Waals surface area contributed by atoms with Gasteiger partial charge in [0.1, 0.15) is 0 Å². The van der Waals surface area contributed by atoms with Gasteiger partial charge in [0.15, 0.2) is 11.5 Å². The third-order valence-electron chi connectivity index (χ3n) is 3.99. The number of benzene rings is 1. The molecule has 1 aromatic carbocycles. The van der Waals surface area contributed by atoms with Crippen molar-refractivity contribution in [3.05, 3.63) is 17.7 Å². The molecule has 1 aliphatic carbocycles. The van der Waals surface area contributed by atoms with Gasteiger partial charge in [-0.15, -0.1) is 0 Å². The van der Waals surface area contributed by atoms with Crippen LogP contribution in [0.15, 0.2) is 12.1 Å². The van der Waals surface area contributed by atoms with Crippen molar-refractivity contribution in [2.75, 3.05) is 21.3 Å². The molecule has 126 valence electrons. The molecule has 0 aromatic heterocycles. The van der Waals surface area contributed by atoms with E-state index in [1.165, 1.54) is 21.3 Å². The molecule has 2 rings (SSSR count). The Hall–Kier alpha value is -2.44. The number of aliphatic carboxylic acids is 1. The molecule has 7 heteroatoms. The Bertz CT molecular complexity index is 590. The first-order valence-corrected chi connectivity index (χ1v) is 7.26. The summed E-state index contributed by atoms with van der Waals surface area (Å²) in [5.74, 6) is -0.718. The van der Waals surface area contributed by atoms with Crippen LogP contribution in [0.25, 0.3) is 0 Å². The fourth-order valence-corrected chi connectivity index (χ4v) is 2.51. The van der Waals surface area contributed by atoms with E-state index in [0.29, 0.717) is 23.7 Å². The Balaban J connectivity index is 2.14. The largest absolute Gasteiger partial charge is 0.493 e. The van der Waals surface area contributed by atoms with Crippen molar-refractivity contribution < 1.29 is 28.9 Å². The maximum absolute atomic E-state index is 12.1. The van der Waals surface area contributed by atoms with Gasteiger partial charge in [-0.2, -0.15) is 0 Å². The molecule has 1 aliphatic rings. The molecule has 0 spiro atoms. The van der Waals surface area contributed by atoms with E-state index < -0.39 is 17.8 Å². The summed E-state index contributed by atoms with van der Waals surface area (Å²) in [6.07, 6.45) is 0.392. The lowest BCUT2D eigenvalue weighted by Crippen LogP contribution is -2.29. The number of nitrogens with one attached hydrogen (secondary N) is 1. The van der Waals surface area contributed by atoms with Crippen molar-refractivity contribution in [2.45, 2.75) is 19.4 Å². The number of carboxylic acids is 1. The summed E-state index contributed by atoms with van der Waals surface area (Å²) in [5, 5.41) is 11.7. The van der Waals surface area contributed by atoms with Gasteiger partial charge >= 0.3 is 5.97 Å². The molecule has 1 fully saturated rings. The molecule has 1 saturated carbocycles. The number of carboxylic acid groups (broad SMARTS) is 1. The summed E-state index contributed by atoms with van der Waals surface area (Å²) < 4.78 is 15.8. The van der Waals surface area contributed by atoms with Crippen LogP contribution in [0.4, 0.5) is 0 Å². The maximum atomic E-state index is 12.1. The van der Waals surface area contributed by atoms with Crippen molar-refractivity contribution in [1.82, 2.24) is 5.32 Å². The number of rotatable bonds is 7. The molecule has 0 bridgehead atoms. The van der Waals surface area contributed by atoms with E-state index in [0.717, 1.165) is 5.56 Å². The van der Waals surface area contributed by atoms with Crippen LogP contribution in [0, 0.1) is 11.8 Å². The molecule has 2 N–H and O–H groups in total. The number of methoxy groups -OCH3 is 3. The van der Waals surface area contributed by atoms with Crippen LogP contribution in [0.5, 0.6) is 17.2 Å². The first-order valence-electron chi connectivity index (χ1n) is 7.26. The van der Waals surface area contributed by atoms with Crippen molar-refractivity contribution in [2.24, 2.45) is 11.8 Å². The van der Waals surface area contributed by atoms with Gasteiger partial charge in [0, 0.05) is 0 Å². The zero-order valence-corrected chi connectivity index (χ0v) is 13.6. The Morgan fingerprint density at radius 2 is 1.70 bits per heavy atom. The average Bonchev–Trinajstić information content (AvgIpc) is 3.34. The van der Waals surface area contributed by atoms with Crippen molar-refractivity contribution in [1.29, 1.82) is 0 Å². The molecule has 0 saturated heterocycles. The molecular weight excluding hydrogens is 302 g/mol. The molecule has 0 heterocycles. The third kappa shape index (κ3) is 3.49. The van der Waals surface area contributed by atoms with E-state index in [9.17, 15) is 9.59 Å². The van der Waals surface area contributed by atoms with Crippen LogP contribution >= 0.6 is 0 Å². The lowest BCUT2D eigenvalue weighted by molar-refractivity contribution is -0.140. The summed E-state index contributed by atoms with van der Waals surface area (Å²) in [6.45, 7) is 1.82. The molecule has 0 aliphatic heterocycles. The third-order valence-corrected chi connectivity index (χ3v) is 3.99. The van der Waals surface area contributed by atoms with Crippen LogP contribution < -0.4 is 19.5 Å². The maximum Gasteiger partial charge on any atom is 0.307 e. The molecule has 1 amide bonds. The first-order chi connectivity index (χ1) is 10.9. The van der Waals surface area contributed by atoms with Crippen LogP contribution in [0.2, 0.25) is 0 Å². The van der Waals surface area contributed by atoms with E-state index in [1.54, 1.807) is 12.1 Å². The topological polar surface area (TPSA) is 94.1 Å². The second kappa shape index (κ2) is 6.76. The summed E-state index contributed by atoms with van der Waals surface area (Å²) in [7, 11) is 4.56. The van der Waals surface area contributed by atoms with E-state index in [1.807, 2.05) is 6.92 Å². The minimum Gasteiger partial charge on any atom is -0.493 e. The Kier molecular flexibility index (Phi) is 4.98. The number of hydrogen-bond donors (Lipinski definition) is 2. The molecule has 1 aromatic rings. The van der Waals surface area contributed by atoms with E-state index >= 15 is 0 Å². The standard InChI is InChI=1S/C16H21NO6/c1-8(17-15(18)10-7-11(10)16(19)20)9-5-12(21-2)14(23-4)13(6-9)22-3/h5-6,8,10-11H,7H2,1-4H3,(H,17,18)(H,19,20). The average molecular weight is 323 g/mol. The molecule has 3 atom stereocenters. The fraction of sp³-hybridized carbons (Fsp3) is 0.500. The highest BCUT2D eigenvalue weighted by Crippen LogP contribution is 2.41. The van der Waals surface area contributed by atoms with E-state index in [-0.39, 0.29) is 11.9 Å². The van der Waals surface area contributed by atoms with E-state index in [2.05, 4.69) is 5.32 Å². The zero-order valence-electron chi connectivity index (χ0n) is 13.6. The lowest BCUT2D eigenvalue weighted by atomic mass is 10.1. The number of amides is 1. The monoisotopic (exact) mass is 323 g/mol. The van der Waals surface area contributed by atoms with Crippen molar-refractivity contribution in [3.8, 4) is 17.2 Å².